The number of para-hydroxylation sites is 1. The number of fused-ring (bicyclic) bond motifs is 1. The summed E-state index contributed by atoms with van der Waals surface area (Å²) in [5.74, 6) is 0.0337. The van der Waals surface area contributed by atoms with Crippen molar-refractivity contribution in [3.63, 3.8) is 0 Å². The standard InChI is InChI=1S/C18H18N4O2/c1-11(2)15(18(23)24)21-17-13-7-3-4-8-14(13)20-16(22-17)12-6-5-9-19-10-12/h3-11,15H,1-2H3,(H,23,24)(H,20,21,22). The van der Waals surface area contributed by atoms with Crippen molar-refractivity contribution in [1.82, 2.24) is 15.0 Å². The van der Waals surface area contributed by atoms with Crippen molar-refractivity contribution in [2.45, 2.75) is 19.9 Å². The molecule has 0 saturated heterocycles. The molecule has 1 unspecified atom stereocenters. The Morgan fingerprint density at radius 1 is 1.12 bits per heavy atom. The van der Waals surface area contributed by atoms with Crippen LogP contribution < -0.4 is 5.32 Å². The van der Waals surface area contributed by atoms with E-state index in [0.717, 1.165) is 16.5 Å². The Bertz CT molecular complexity index is 865. The quantitative estimate of drug-likeness (QED) is 0.750. The number of aromatic nitrogens is 3. The van der Waals surface area contributed by atoms with E-state index in [-0.39, 0.29) is 5.92 Å². The zero-order chi connectivity index (χ0) is 17.1. The summed E-state index contributed by atoms with van der Waals surface area (Å²) in [4.78, 5) is 24.7. The highest BCUT2D eigenvalue weighted by Gasteiger charge is 2.23. The van der Waals surface area contributed by atoms with Gasteiger partial charge in [0.1, 0.15) is 11.9 Å². The van der Waals surface area contributed by atoms with Crippen LogP contribution >= 0.6 is 0 Å². The van der Waals surface area contributed by atoms with E-state index >= 15 is 0 Å². The fourth-order valence-electron chi connectivity index (χ4n) is 2.47. The number of carbonyl (C=O) groups is 1. The minimum absolute atomic E-state index is 0.0851. The molecular formula is C18H18N4O2. The van der Waals surface area contributed by atoms with Crippen LogP contribution in [0.4, 0.5) is 5.82 Å². The maximum Gasteiger partial charge on any atom is 0.326 e. The van der Waals surface area contributed by atoms with Crippen LogP contribution in [0.5, 0.6) is 0 Å². The molecule has 2 N–H and O–H groups in total. The third kappa shape index (κ3) is 3.17. The summed E-state index contributed by atoms with van der Waals surface area (Å²) in [6.07, 6.45) is 3.37. The van der Waals surface area contributed by atoms with Gasteiger partial charge in [-0.3, -0.25) is 4.98 Å². The van der Waals surface area contributed by atoms with E-state index in [1.54, 1.807) is 12.4 Å². The Hall–Kier alpha value is -3.02. The molecule has 0 bridgehead atoms. The van der Waals surface area contributed by atoms with Crippen LogP contribution in [0.15, 0.2) is 48.8 Å². The van der Waals surface area contributed by atoms with Gasteiger partial charge in [-0.1, -0.05) is 26.0 Å². The van der Waals surface area contributed by atoms with Crippen LogP contribution in [-0.2, 0) is 4.79 Å². The zero-order valence-corrected chi connectivity index (χ0v) is 13.5. The van der Waals surface area contributed by atoms with Crippen LogP contribution in [0.2, 0.25) is 0 Å². The van der Waals surface area contributed by atoms with Gasteiger partial charge in [-0.05, 0) is 30.2 Å². The summed E-state index contributed by atoms with van der Waals surface area (Å²) < 4.78 is 0. The SMILES string of the molecule is CC(C)C(Nc1nc(-c2cccnc2)nc2ccccc12)C(=O)O. The van der Waals surface area contributed by atoms with Gasteiger partial charge in [0.05, 0.1) is 5.52 Å². The minimum Gasteiger partial charge on any atom is -0.480 e. The molecule has 122 valence electrons. The number of rotatable bonds is 5. The number of nitrogens with one attached hydrogen (secondary N) is 1. The van der Waals surface area contributed by atoms with E-state index in [4.69, 9.17) is 0 Å². The van der Waals surface area contributed by atoms with E-state index in [1.165, 1.54) is 0 Å². The second kappa shape index (κ2) is 6.62. The third-order valence-corrected chi connectivity index (χ3v) is 3.75. The van der Waals surface area contributed by atoms with Crippen molar-refractivity contribution in [2.24, 2.45) is 5.92 Å². The first-order valence-electron chi connectivity index (χ1n) is 7.73. The van der Waals surface area contributed by atoms with Crippen molar-refractivity contribution >= 4 is 22.7 Å². The molecule has 0 spiro atoms. The van der Waals surface area contributed by atoms with E-state index < -0.39 is 12.0 Å². The molecule has 0 fully saturated rings. The van der Waals surface area contributed by atoms with Crippen LogP contribution in [0.3, 0.4) is 0 Å². The lowest BCUT2D eigenvalue weighted by atomic mass is 10.0. The van der Waals surface area contributed by atoms with E-state index in [9.17, 15) is 9.90 Å². The molecule has 0 aliphatic carbocycles. The second-order valence-electron chi connectivity index (χ2n) is 5.86. The number of pyridine rings is 1. The van der Waals surface area contributed by atoms with E-state index in [0.29, 0.717) is 11.6 Å². The smallest absolute Gasteiger partial charge is 0.326 e. The van der Waals surface area contributed by atoms with Crippen LogP contribution in [0.1, 0.15) is 13.8 Å². The van der Waals surface area contributed by atoms with Gasteiger partial charge in [-0.15, -0.1) is 0 Å². The maximum absolute atomic E-state index is 11.5. The summed E-state index contributed by atoms with van der Waals surface area (Å²) in [7, 11) is 0. The first kappa shape index (κ1) is 15.9. The summed E-state index contributed by atoms with van der Waals surface area (Å²) in [6.45, 7) is 3.72. The molecule has 3 aromatic rings. The van der Waals surface area contributed by atoms with Gasteiger partial charge < -0.3 is 10.4 Å². The molecule has 2 heterocycles. The molecule has 0 aliphatic heterocycles. The van der Waals surface area contributed by atoms with Crippen molar-refractivity contribution in [3.05, 3.63) is 48.8 Å². The molecule has 0 saturated carbocycles. The molecule has 6 nitrogen and oxygen atoms in total. The number of carboxylic acid groups (broad SMARTS) is 1. The van der Waals surface area contributed by atoms with Crippen molar-refractivity contribution < 1.29 is 9.90 Å². The van der Waals surface area contributed by atoms with Gasteiger partial charge in [0.15, 0.2) is 5.82 Å². The second-order valence-corrected chi connectivity index (χ2v) is 5.86. The Kier molecular flexibility index (Phi) is 4.37. The summed E-state index contributed by atoms with van der Waals surface area (Å²) in [5, 5.41) is 13.3. The number of hydrogen-bond acceptors (Lipinski definition) is 5. The number of hydrogen-bond donors (Lipinski definition) is 2. The van der Waals surface area contributed by atoms with Crippen LogP contribution in [0.25, 0.3) is 22.3 Å². The molecule has 24 heavy (non-hydrogen) atoms. The molecular weight excluding hydrogens is 304 g/mol. The average Bonchev–Trinajstić information content (AvgIpc) is 2.59. The molecule has 6 heteroatoms. The van der Waals surface area contributed by atoms with Crippen molar-refractivity contribution in [2.75, 3.05) is 5.32 Å². The highest BCUT2D eigenvalue weighted by Crippen LogP contribution is 2.25. The number of nitrogens with zero attached hydrogens (tertiary/aromatic N) is 3. The van der Waals surface area contributed by atoms with Crippen molar-refractivity contribution in [1.29, 1.82) is 0 Å². The van der Waals surface area contributed by atoms with Crippen LogP contribution in [0, 0.1) is 5.92 Å². The first-order chi connectivity index (χ1) is 11.6. The van der Waals surface area contributed by atoms with Gasteiger partial charge in [0, 0.05) is 23.3 Å². The Morgan fingerprint density at radius 3 is 2.58 bits per heavy atom. The number of carboxylic acids is 1. The number of anilines is 1. The molecule has 2 aromatic heterocycles. The first-order valence-corrected chi connectivity index (χ1v) is 7.73. The molecule has 1 atom stereocenters. The van der Waals surface area contributed by atoms with Gasteiger partial charge in [0.25, 0.3) is 0 Å². The minimum atomic E-state index is -0.907. The average molecular weight is 322 g/mol. The molecule has 3 rings (SSSR count). The lowest BCUT2D eigenvalue weighted by Crippen LogP contribution is -2.34. The van der Waals surface area contributed by atoms with Crippen molar-refractivity contribution in [3.8, 4) is 11.4 Å². The van der Waals surface area contributed by atoms with Gasteiger partial charge in [-0.2, -0.15) is 0 Å². The third-order valence-electron chi connectivity index (χ3n) is 3.75. The molecule has 0 aliphatic rings. The normalized spacial score (nSPS) is 12.3. The van der Waals surface area contributed by atoms with Gasteiger partial charge in [-0.25, -0.2) is 14.8 Å². The summed E-state index contributed by atoms with van der Waals surface area (Å²) in [6, 6.07) is 10.5. The monoisotopic (exact) mass is 322 g/mol. The maximum atomic E-state index is 11.5. The lowest BCUT2D eigenvalue weighted by molar-refractivity contribution is -0.138. The van der Waals surface area contributed by atoms with E-state index in [2.05, 4.69) is 20.3 Å². The Labute approximate surface area is 139 Å². The predicted octanol–water partition coefficient (Wildman–Crippen LogP) is 3.21. The molecule has 0 amide bonds. The van der Waals surface area contributed by atoms with E-state index in [1.807, 2.05) is 50.2 Å². The Morgan fingerprint density at radius 2 is 1.92 bits per heavy atom. The van der Waals surface area contributed by atoms with Crippen LogP contribution in [-0.4, -0.2) is 32.1 Å². The highest BCUT2D eigenvalue weighted by atomic mass is 16.4. The summed E-state index contributed by atoms with van der Waals surface area (Å²) in [5.41, 5.74) is 1.53. The van der Waals surface area contributed by atoms with Gasteiger partial charge in [0.2, 0.25) is 0 Å². The topological polar surface area (TPSA) is 88.0 Å². The fraction of sp³-hybridized carbons (Fsp3) is 0.222. The lowest BCUT2D eigenvalue weighted by Gasteiger charge is -2.20. The highest BCUT2D eigenvalue weighted by molar-refractivity contribution is 5.92. The molecule has 1 aromatic carbocycles. The fourth-order valence-corrected chi connectivity index (χ4v) is 2.47. The largest absolute Gasteiger partial charge is 0.480 e. The number of aliphatic carboxylic acids is 1. The number of benzene rings is 1. The summed E-state index contributed by atoms with van der Waals surface area (Å²) >= 11 is 0. The molecule has 0 radical (unpaired) electrons. The predicted molar refractivity (Wildman–Crippen MR) is 92.7 cm³/mol. The van der Waals surface area contributed by atoms with Gasteiger partial charge >= 0.3 is 5.97 Å². The Balaban J connectivity index is 2.13. The zero-order valence-electron chi connectivity index (χ0n) is 13.5.